The Balaban J connectivity index is 2.71. The Labute approximate surface area is 83.5 Å². The Morgan fingerprint density at radius 2 is 1.57 bits per heavy atom. The summed E-state index contributed by atoms with van der Waals surface area (Å²) < 4.78 is 0. The van der Waals surface area contributed by atoms with E-state index in [1.54, 1.807) is 0 Å². The van der Waals surface area contributed by atoms with Gasteiger partial charge >= 0.3 is 0 Å². The SMILES string of the molecule is Cc1cc2ccccc2cc1C(N)N. The predicted molar refractivity (Wildman–Crippen MR) is 59.8 cm³/mol. The van der Waals surface area contributed by atoms with E-state index in [1.165, 1.54) is 10.8 Å². The zero-order chi connectivity index (χ0) is 10.1. The zero-order valence-electron chi connectivity index (χ0n) is 8.20. The molecular weight excluding hydrogens is 172 g/mol. The fourth-order valence-corrected chi connectivity index (χ4v) is 1.73. The van der Waals surface area contributed by atoms with Crippen molar-refractivity contribution in [1.29, 1.82) is 0 Å². The van der Waals surface area contributed by atoms with Gasteiger partial charge in [-0.15, -0.1) is 0 Å². The number of hydrogen-bond acceptors (Lipinski definition) is 2. The minimum atomic E-state index is -0.389. The highest BCUT2D eigenvalue weighted by molar-refractivity contribution is 5.84. The molecule has 0 heterocycles. The summed E-state index contributed by atoms with van der Waals surface area (Å²) in [6, 6.07) is 12.4. The third-order valence-electron chi connectivity index (χ3n) is 2.49. The smallest absolute Gasteiger partial charge is 0.0787 e. The summed E-state index contributed by atoms with van der Waals surface area (Å²) in [6.07, 6.45) is -0.389. The first kappa shape index (κ1) is 9.19. The summed E-state index contributed by atoms with van der Waals surface area (Å²) in [5.41, 5.74) is 13.5. The first-order chi connectivity index (χ1) is 6.68. The molecule has 0 aliphatic carbocycles. The van der Waals surface area contributed by atoms with Crippen molar-refractivity contribution in [2.45, 2.75) is 13.1 Å². The largest absolute Gasteiger partial charge is 0.312 e. The number of aryl methyl sites for hydroxylation is 1. The highest BCUT2D eigenvalue weighted by atomic mass is 14.8. The minimum Gasteiger partial charge on any atom is -0.312 e. The van der Waals surface area contributed by atoms with Gasteiger partial charge in [0.25, 0.3) is 0 Å². The Bertz CT molecular complexity index is 461. The van der Waals surface area contributed by atoms with Crippen LogP contribution in [0.5, 0.6) is 0 Å². The fourth-order valence-electron chi connectivity index (χ4n) is 1.73. The Kier molecular flexibility index (Phi) is 2.23. The summed E-state index contributed by atoms with van der Waals surface area (Å²) >= 11 is 0. The molecule has 2 aromatic rings. The minimum absolute atomic E-state index is 0.389. The van der Waals surface area contributed by atoms with Crippen LogP contribution in [0.3, 0.4) is 0 Å². The van der Waals surface area contributed by atoms with Crippen molar-refractivity contribution >= 4 is 10.8 Å². The Morgan fingerprint density at radius 3 is 2.14 bits per heavy atom. The van der Waals surface area contributed by atoms with Crippen LogP contribution in [0.2, 0.25) is 0 Å². The molecule has 0 unspecified atom stereocenters. The summed E-state index contributed by atoms with van der Waals surface area (Å²) in [4.78, 5) is 0. The van der Waals surface area contributed by atoms with Crippen molar-refractivity contribution in [3.8, 4) is 0 Å². The second kappa shape index (κ2) is 3.40. The Morgan fingerprint density at radius 1 is 1.00 bits per heavy atom. The van der Waals surface area contributed by atoms with Crippen LogP contribution in [0.4, 0.5) is 0 Å². The number of fused-ring (bicyclic) bond motifs is 1. The number of nitrogens with two attached hydrogens (primary N) is 2. The zero-order valence-corrected chi connectivity index (χ0v) is 8.20. The molecule has 0 bridgehead atoms. The number of rotatable bonds is 1. The Hall–Kier alpha value is -1.38. The van der Waals surface area contributed by atoms with E-state index in [0.29, 0.717) is 0 Å². The van der Waals surface area contributed by atoms with Gasteiger partial charge in [-0.05, 0) is 34.9 Å². The molecule has 0 saturated heterocycles. The average molecular weight is 186 g/mol. The van der Waals surface area contributed by atoms with Crippen LogP contribution in [0.15, 0.2) is 36.4 Å². The van der Waals surface area contributed by atoms with Gasteiger partial charge in [-0.3, -0.25) is 0 Å². The fraction of sp³-hybridized carbons (Fsp3) is 0.167. The van der Waals surface area contributed by atoms with Gasteiger partial charge in [-0.25, -0.2) is 0 Å². The quantitative estimate of drug-likeness (QED) is 0.670. The van der Waals surface area contributed by atoms with E-state index in [0.717, 1.165) is 11.1 Å². The molecule has 0 aliphatic rings. The van der Waals surface area contributed by atoms with Crippen molar-refractivity contribution in [1.82, 2.24) is 0 Å². The van der Waals surface area contributed by atoms with Gasteiger partial charge in [0.2, 0.25) is 0 Å². The summed E-state index contributed by atoms with van der Waals surface area (Å²) in [7, 11) is 0. The van der Waals surface area contributed by atoms with Gasteiger partial charge in [0.05, 0.1) is 6.17 Å². The third-order valence-corrected chi connectivity index (χ3v) is 2.49. The molecule has 4 N–H and O–H groups in total. The van der Waals surface area contributed by atoms with Crippen LogP contribution in [0, 0.1) is 6.92 Å². The van der Waals surface area contributed by atoms with Gasteiger partial charge in [0.1, 0.15) is 0 Å². The van der Waals surface area contributed by atoms with Crippen molar-refractivity contribution in [2.75, 3.05) is 0 Å². The molecular formula is C12H14N2. The molecule has 0 atom stereocenters. The van der Waals surface area contributed by atoms with Gasteiger partial charge in [0.15, 0.2) is 0 Å². The second-order valence-corrected chi connectivity index (χ2v) is 3.58. The highest BCUT2D eigenvalue weighted by Gasteiger charge is 2.04. The monoisotopic (exact) mass is 186 g/mol. The molecule has 2 aromatic carbocycles. The number of hydrogen-bond donors (Lipinski definition) is 2. The molecule has 0 saturated carbocycles. The summed E-state index contributed by atoms with van der Waals surface area (Å²) in [5.74, 6) is 0. The predicted octanol–water partition coefficient (Wildman–Crippen LogP) is 2.06. The van der Waals surface area contributed by atoms with Crippen molar-refractivity contribution in [3.63, 3.8) is 0 Å². The standard InChI is InChI=1S/C12H14N2/c1-8-6-9-4-2-3-5-10(9)7-11(8)12(13)14/h2-7,12H,13-14H2,1H3. The van der Waals surface area contributed by atoms with Crippen molar-refractivity contribution in [2.24, 2.45) is 11.5 Å². The molecule has 0 aromatic heterocycles. The van der Waals surface area contributed by atoms with Gasteiger partial charge in [0, 0.05) is 0 Å². The van der Waals surface area contributed by atoms with Crippen molar-refractivity contribution < 1.29 is 0 Å². The van der Waals surface area contributed by atoms with E-state index in [2.05, 4.69) is 24.3 Å². The lowest BCUT2D eigenvalue weighted by atomic mass is 10.0. The van der Waals surface area contributed by atoms with E-state index in [-0.39, 0.29) is 6.17 Å². The molecule has 72 valence electrons. The van der Waals surface area contributed by atoms with E-state index < -0.39 is 0 Å². The average Bonchev–Trinajstić information content (AvgIpc) is 2.16. The van der Waals surface area contributed by atoms with Crippen LogP contribution in [0.1, 0.15) is 17.3 Å². The van der Waals surface area contributed by atoms with Gasteiger partial charge < -0.3 is 11.5 Å². The molecule has 2 rings (SSSR count). The molecule has 0 fully saturated rings. The van der Waals surface area contributed by atoms with E-state index in [9.17, 15) is 0 Å². The first-order valence-corrected chi connectivity index (χ1v) is 4.69. The molecule has 0 amide bonds. The topological polar surface area (TPSA) is 52.0 Å². The molecule has 2 nitrogen and oxygen atoms in total. The highest BCUT2D eigenvalue weighted by Crippen LogP contribution is 2.21. The summed E-state index contributed by atoms with van der Waals surface area (Å²) in [6.45, 7) is 2.04. The van der Waals surface area contributed by atoms with Gasteiger partial charge in [-0.1, -0.05) is 30.3 Å². The second-order valence-electron chi connectivity index (χ2n) is 3.58. The van der Waals surface area contributed by atoms with Crippen LogP contribution in [0.25, 0.3) is 10.8 Å². The van der Waals surface area contributed by atoms with Crippen LogP contribution >= 0.6 is 0 Å². The first-order valence-electron chi connectivity index (χ1n) is 4.69. The van der Waals surface area contributed by atoms with E-state index in [1.807, 2.05) is 19.1 Å². The maximum Gasteiger partial charge on any atom is 0.0787 e. The van der Waals surface area contributed by atoms with Crippen molar-refractivity contribution in [3.05, 3.63) is 47.5 Å². The molecule has 0 spiro atoms. The lowest BCUT2D eigenvalue weighted by molar-refractivity contribution is 0.768. The lowest BCUT2D eigenvalue weighted by Gasteiger charge is -2.11. The van der Waals surface area contributed by atoms with E-state index >= 15 is 0 Å². The van der Waals surface area contributed by atoms with Crippen LogP contribution in [-0.2, 0) is 0 Å². The lowest BCUT2D eigenvalue weighted by Crippen LogP contribution is -2.21. The molecule has 0 aliphatic heterocycles. The number of benzene rings is 2. The van der Waals surface area contributed by atoms with Gasteiger partial charge in [-0.2, -0.15) is 0 Å². The van der Waals surface area contributed by atoms with E-state index in [4.69, 9.17) is 11.5 Å². The third kappa shape index (κ3) is 1.50. The maximum absolute atomic E-state index is 5.68. The summed E-state index contributed by atoms with van der Waals surface area (Å²) in [5, 5.41) is 2.42. The van der Waals surface area contributed by atoms with Crippen LogP contribution in [-0.4, -0.2) is 0 Å². The molecule has 2 heteroatoms. The van der Waals surface area contributed by atoms with Crippen LogP contribution < -0.4 is 11.5 Å². The molecule has 0 radical (unpaired) electrons. The maximum atomic E-state index is 5.68. The molecule has 14 heavy (non-hydrogen) atoms. The normalized spacial score (nSPS) is 11.1.